The number of rotatable bonds is 5. The molecule has 1 aromatic carbocycles. The second kappa shape index (κ2) is 9.47. The number of aromatic nitrogens is 2. The topological polar surface area (TPSA) is 102 Å². The molecule has 0 bridgehead atoms. The molecule has 8 heteroatoms. The molecule has 2 aromatic rings. The van der Waals surface area contributed by atoms with Crippen LogP contribution in [0.1, 0.15) is 12.0 Å². The van der Waals surface area contributed by atoms with Crippen molar-refractivity contribution in [2.75, 3.05) is 6.61 Å². The number of carboxylic acids is 2. The summed E-state index contributed by atoms with van der Waals surface area (Å²) in [5, 5.41) is 15.5. The van der Waals surface area contributed by atoms with Crippen molar-refractivity contribution in [3.05, 3.63) is 47.5 Å². The molecule has 0 aliphatic heterocycles. The van der Waals surface area contributed by atoms with Gasteiger partial charge in [-0.15, -0.1) is 0 Å². The summed E-state index contributed by atoms with van der Waals surface area (Å²) in [5.41, 5.74) is 1.07. The summed E-state index contributed by atoms with van der Waals surface area (Å²) < 4.78 is 7.73. The summed E-state index contributed by atoms with van der Waals surface area (Å²) in [4.78, 5) is 22.2. The van der Waals surface area contributed by atoms with E-state index in [1.165, 1.54) is 0 Å². The fraction of sp³-hybridized carbons (Fsp3) is 0.267. The van der Waals surface area contributed by atoms with E-state index in [0.29, 0.717) is 11.6 Å². The smallest absolute Gasteiger partial charge is 0.414 e. The minimum Gasteiger partial charge on any atom is -0.492 e. The van der Waals surface area contributed by atoms with Crippen molar-refractivity contribution in [1.82, 2.24) is 9.55 Å². The van der Waals surface area contributed by atoms with E-state index in [1.54, 1.807) is 12.5 Å². The first-order chi connectivity index (χ1) is 10.9. The molecule has 1 heterocycles. The van der Waals surface area contributed by atoms with E-state index >= 15 is 0 Å². The van der Waals surface area contributed by atoms with Crippen LogP contribution in [0.3, 0.4) is 0 Å². The highest BCUT2D eigenvalue weighted by Gasteiger charge is 2.04. The SMILES string of the molecule is Cc1cccc(Cl)c1OCCCn1ccnc1.O=C(O)C(=O)O. The lowest BCUT2D eigenvalue weighted by atomic mass is 10.2. The first-order valence-corrected chi connectivity index (χ1v) is 7.09. The number of hydrogen-bond donors (Lipinski definition) is 2. The number of ether oxygens (including phenoxy) is 1. The Morgan fingerprint density at radius 3 is 2.52 bits per heavy atom. The van der Waals surface area contributed by atoms with Crippen LogP contribution in [0.5, 0.6) is 5.75 Å². The number of hydrogen-bond acceptors (Lipinski definition) is 4. The molecule has 0 saturated carbocycles. The number of imidazole rings is 1. The largest absolute Gasteiger partial charge is 0.492 e. The number of aliphatic carboxylic acids is 2. The number of nitrogens with zero attached hydrogens (tertiary/aromatic N) is 2. The molecule has 0 fully saturated rings. The van der Waals surface area contributed by atoms with Crippen molar-refractivity contribution < 1.29 is 24.5 Å². The minimum atomic E-state index is -1.82. The second-order valence-electron chi connectivity index (χ2n) is 4.50. The summed E-state index contributed by atoms with van der Waals surface area (Å²) in [6.07, 6.45) is 6.46. The molecule has 23 heavy (non-hydrogen) atoms. The van der Waals surface area contributed by atoms with Crippen LogP contribution in [-0.4, -0.2) is 38.3 Å². The van der Waals surface area contributed by atoms with Gasteiger partial charge in [0.1, 0.15) is 5.75 Å². The maximum absolute atomic E-state index is 9.10. The van der Waals surface area contributed by atoms with Crippen LogP contribution in [0.4, 0.5) is 0 Å². The van der Waals surface area contributed by atoms with Crippen LogP contribution in [0.15, 0.2) is 36.9 Å². The van der Waals surface area contributed by atoms with Crippen LogP contribution >= 0.6 is 11.6 Å². The molecule has 2 rings (SSSR count). The summed E-state index contributed by atoms with van der Waals surface area (Å²) >= 11 is 6.07. The zero-order valence-corrected chi connectivity index (χ0v) is 13.2. The normalized spacial score (nSPS) is 9.65. The maximum atomic E-state index is 9.10. The van der Waals surface area contributed by atoms with Gasteiger partial charge in [0.05, 0.1) is 18.0 Å². The highest BCUT2D eigenvalue weighted by Crippen LogP contribution is 2.27. The number of benzene rings is 1. The van der Waals surface area contributed by atoms with Gasteiger partial charge in [0, 0.05) is 18.9 Å². The zero-order valence-electron chi connectivity index (χ0n) is 12.5. The highest BCUT2D eigenvalue weighted by molar-refractivity contribution is 6.32. The number of carbonyl (C=O) groups is 2. The summed E-state index contributed by atoms with van der Waals surface area (Å²) in [6.45, 7) is 3.56. The third kappa shape index (κ3) is 6.84. The quantitative estimate of drug-likeness (QED) is 0.640. The van der Waals surface area contributed by atoms with Crippen LogP contribution in [-0.2, 0) is 16.1 Å². The van der Waals surface area contributed by atoms with Crippen LogP contribution < -0.4 is 4.74 Å². The molecular formula is C15H17ClN2O5. The first-order valence-electron chi connectivity index (χ1n) is 6.71. The van der Waals surface area contributed by atoms with Gasteiger partial charge < -0.3 is 19.5 Å². The fourth-order valence-electron chi connectivity index (χ4n) is 1.64. The molecule has 124 valence electrons. The lowest BCUT2D eigenvalue weighted by Crippen LogP contribution is -2.09. The number of halogens is 1. The summed E-state index contributed by atoms with van der Waals surface area (Å²) in [6, 6.07) is 5.77. The van der Waals surface area contributed by atoms with Gasteiger partial charge in [-0.05, 0) is 25.0 Å². The van der Waals surface area contributed by atoms with E-state index in [9.17, 15) is 0 Å². The molecule has 2 N–H and O–H groups in total. The van der Waals surface area contributed by atoms with Crippen molar-refractivity contribution in [3.63, 3.8) is 0 Å². The highest BCUT2D eigenvalue weighted by atomic mass is 35.5. The zero-order chi connectivity index (χ0) is 17.2. The predicted octanol–water partition coefficient (Wildman–Crippen LogP) is 2.47. The van der Waals surface area contributed by atoms with Crippen molar-refractivity contribution >= 4 is 23.5 Å². The Hall–Kier alpha value is -2.54. The third-order valence-corrected chi connectivity index (χ3v) is 3.01. The molecule has 0 saturated heterocycles. The van der Waals surface area contributed by atoms with Crippen molar-refractivity contribution in [3.8, 4) is 5.75 Å². The van der Waals surface area contributed by atoms with Crippen LogP contribution in [0, 0.1) is 6.92 Å². The fourth-order valence-corrected chi connectivity index (χ4v) is 1.92. The Bertz CT molecular complexity index is 611. The molecule has 0 aliphatic rings. The predicted molar refractivity (Wildman–Crippen MR) is 83.8 cm³/mol. The van der Waals surface area contributed by atoms with Crippen molar-refractivity contribution in [2.24, 2.45) is 0 Å². The molecule has 7 nitrogen and oxygen atoms in total. The van der Waals surface area contributed by atoms with E-state index in [-0.39, 0.29) is 0 Å². The second-order valence-corrected chi connectivity index (χ2v) is 4.91. The monoisotopic (exact) mass is 340 g/mol. The molecule has 0 amide bonds. The first kappa shape index (κ1) is 18.5. The number of aryl methyl sites for hydroxylation is 2. The van der Waals surface area contributed by atoms with Crippen molar-refractivity contribution in [2.45, 2.75) is 19.9 Å². The molecule has 0 radical (unpaired) electrons. The van der Waals surface area contributed by atoms with Crippen molar-refractivity contribution in [1.29, 1.82) is 0 Å². The minimum absolute atomic E-state index is 0.656. The molecule has 0 spiro atoms. The number of carboxylic acid groups (broad SMARTS) is 2. The van der Waals surface area contributed by atoms with Gasteiger partial charge in [-0.3, -0.25) is 0 Å². The number of para-hydroxylation sites is 1. The Morgan fingerprint density at radius 2 is 2.00 bits per heavy atom. The van der Waals surface area contributed by atoms with Crippen LogP contribution in [0.25, 0.3) is 0 Å². The van der Waals surface area contributed by atoms with E-state index < -0.39 is 11.9 Å². The van der Waals surface area contributed by atoms with E-state index in [0.717, 1.165) is 24.3 Å². The van der Waals surface area contributed by atoms with Gasteiger partial charge in [0.25, 0.3) is 0 Å². The van der Waals surface area contributed by atoms with E-state index in [4.69, 9.17) is 36.1 Å². The van der Waals surface area contributed by atoms with Gasteiger partial charge in [-0.2, -0.15) is 0 Å². The molecule has 0 aliphatic carbocycles. The van der Waals surface area contributed by atoms with E-state index in [1.807, 2.05) is 35.9 Å². The third-order valence-electron chi connectivity index (χ3n) is 2.71. The van der Waals surface area contributed by atoms with Gasteiger partial charge in [0.15, 0.2) is 0 Å². The van der Waals surface area contributed by atoms with Gasteiger partial charge >= 0.3 is 11.9 Å². The summed E-state index contributed by atoms with van der Waals surface area (Å²) in [5.74, 6) is -2.86. The summed E-state index contributed by atoms with van der Waals surface area (Å²) in [7, 11) is 0. The maximum Gasteiger partial charge on any atom is 0.414 e. The average Bonchev–Trinajstić information content (AvgIpc) is 3.00. The Kier molecular flexibility index (Phi) is 7.62. The van der Waals surface area contributed by atoms with E-state index in [2.05, 4.69) is 4.98 Å². The lowest BCUT2D eigenvalue weighted by molar-refractivity contribution is -0.159. The molecule has 0 atom stereocenters. The Labute approximate surface area is 138 Å². The van der Waals surface area contributed by atoms with Gasteiger partial charge in [-0.25, -0.2) is 14.6 Å². The average molecular weight is 341 g/mol. The Balaban J connectivity index is 0.000000379. The van der Waals surface area contributed by atoms with Gasteiger partial charge in [0.2, 0.25) is 0 Å². The van der Waals surface area contributed by atoms with Gasteiger partial charge in [-0.1, -0.05) is 23.7 Å². The molecule has 1 aromatic heterocycles. The molecule has 0 unspecified atom stereocenters. The van der Waals surface area contributed by atoms with Crippen LogP contribution in [0.2, 0.25) is 5.02 Å². The Morgan fingerprint density at radius 1 is 1.30 bits per heavy atom. The molecular weight excluding hydrogens is 324 g/mol. The lowest BCUT2D eigenvalue weighted by Gasteiger charge is -2.10. The standard InChI is InChI=1S/C13H15ClN2O.C2H2O4/c1-11-4-2-5-12(14)13(11)17-9-3-7-16-8-6-15-10-16;3-1(4)2(5)6/h2,4-6,8,10H,3,7,9H2,1H3;(H,3,4)(H,5,6).